The largest absolute Gasteiger partial charge is 0.367 e. The van der Waals surface area contributed by atoms with E-state index in [1.165, 1.54) is 0 Å². The number of hydrogen-bond acceptors (Lipinski definition) is 3. The van der Waals surface area contributed by atoms with Crippen LogP contribution in [0.2, 0.25) is 0 Å². The number of hydrogen-bond donors (Lipinski definition) is 1. The molecule has 0 atom stereocenters. The molecule has 2 aromatic rings. The van der Waals surface area contributed by atoms with Crippen LogP contribution in [0.25, 0.3) is 11.3 Å². The fraction of sp³-hybridized carbons (Fsp3) is 0.250. The minimum Gasteiger partial charge on any atom is -0.367 e. The summed E-state index contributed by atoms with van der Waals surface area (Å²) in [5, 5.41) is 12.5. The normalized spacial score (nSPS) is 16.2. The minimum atomic E-state index is -0.341. The minimum absolute atomic E-state index is 0.341. The van der Waals surface area contributed by atoms with Gasteiger partial charge in [-0.05, 0) is 43.5 Å². The van der Waals surface area contributed by atoms with Crippen molar-refractivity contribution in [2.24, 2.45) is 0 Å². The third-order valence-electron chi connectivity index (χ3n) is 3.65. The fourth-order valence-corrected chi connectivity index (χ4v) is 2.33. The van der Waals surface area contributed by atoms with E-state index < -0.39 is 0 Å². The number of aromatic nitrogens is 1. The second kappa shape index (κ2) is 4.74. The summed E-state index contributed by atoms with van der Waals surface area (Å²) in [6.45, 7) is 0. The van der Waals surface area contributed by atoms with Gasteiger partial charge in [0.2, 0.25) is 0 Å². The van der Waals surface area contributed by atoms with Crippen LogP contribution in [0.4, 0.5) is 5.69 Å². The predicted octanol–water partition coefficient (Wildman–Crippen LogP) is 3.61. The summed E-state index contributed by atoms with van der Waals surface area (Å²) in [6.07, 6.45) is 4.80. The Bertz CT molecular complexity index is 592. The molecule has 1 fully saturated rings. The van der Waals surface area contributed by atoms with Crippen molar-refractivity contribution in [3.05, 3.63) is 48.7 Å². The maximum Gasteiger partial charge on any atom is 0.125 e. The molecule has 1 aromatic carbocycles. The van der Waals surface area contributed by atoms with Crippen LogP contribution in [0.1, 0.15) is 19.3 Å². The topological polar surface area (TPSA) is 48.7 Å². The summed E-state index contributed by atoms with van der Waals surface area (Å²) >= 11 is 0. The SMILES string of the molecule is N#CC1(Nc2ccc(-c3ccccn3)cc2)CCC1. The Kier molecular flexibility index (Phi) is 2.92. The zero-order chi connectivity index (χ0) is 13.1. The van der Waals surface area contributed by atoms with Crippen LogP contribution in [0, 0.1) is 11.3 Å². The zero-order valence-corrected chi connectivity index (χ0v) is 10.6. The van der Waals surface area contributed by atoms with Crippen molar-refractivity contribution in [2.45, 2.75) is 24.8 Å². The lowest BCUT2D eigenvalue weighted by molar-refractivity contribution is 0.356. The maximum absolute atomic E-state index is 9.21. The Morgan fingerprint density at radius 1 is 1.11 bits per heavy atom. The highest BCUT2D eigenvalue weighted by Gasteiger charge is 2.36. The van der Waals surface area contributed by atoms with E-state index in [2.05, 4.69) is 16.4 Å². The quantitative estimate of drug-likeness (QED) is 0.904. The van der Waals surface area contributed by atoms with E-state index in [1.807, 2.05) is 42.5 Å². The molecule has 0 bridgehead atoms. The van der Waals surface area contributed by atoms with Gasteiger partial charge in [-0.25, -0.2) is 0 Å². The molecule has 1 heterocycles. The van der Waals surface area contributed by atoms with Crippen molar-refractivity contribution >= 4 is 5.69 Å². The fourth-order valence-electron chi connectivity index (χ4n) is 2.33. The number of anilines is 1. The average Bonchev–Trinajstić information content (AvgIpc) is 2.45. The van der Waals surface area contributed by atoms with Crippen molar-refractivity contribution in [2.75, 3.05) is 5.32 Å². The number of nitrogens with one attached hydrogen (secondary N) is 1. The Labute approximate surface area is 112 Å². The molecule has 3 rings (SSSR count). The van der Waals surface area contributed by atoms with Crippen molar-refractivity contribution in [1.29, 1.82) is 5.26 Å². The number of nitriles is 1. The Balaban J connectivity index is 1.78. The molecule has 1 aliphatic carbocycles. The first-order chi connectivity index (χ1) is 9.31. The van der Waals surface area contributed by atoms with Crippen molar-refractivity contribution < 1.29 is 0 Å². The van der Waals surface area contributed by atoms with Gasteiger partial charge >= 0.3 is 0 Å². The van der Waals surface area contributed by atoms with E-state index in [0.29, 0.717) is 0 Å². The van der Waals surface area contributed by atoms with Gasteiger partial charge in [0.1, 0.15) is 5.54 Å². The molecule has 19 heavy (non-hydrogen) atoms. The van der Waals surface area contributed by atoms with Gasteiger partial charge in [-0.15, -0.1) is 0 Å². The highest BCUT2D eigenvalue weighted by Crippen LogP contribution is 2.34. The van der Waals surface area contributed by atoms with Gasteiger partial charge in [0.15, 0.2) is 0 Å². The second-order valence-electron chi connectivity index (χ2n) is 4.96. The van der Waals surface area contributed by atoms with Gasteiger partial charge in [-0.3, -0.25) is 4.98 Å². The summed E-state index contributed by atoms with van der Waals surface area (Å²) in [6, 6.07) is 16.4. The van der Waals surface area contributed by atoms with Gasteiger partial charge in [0.25, 0.3) is 0 Å². The van der Waals surface area contributed by atoms with Crippen LogP contribution in [0.3, 0.4) is 0 Å². The monoisotopic (exact) mass is 249 g/mol. The van der Waals surface area contributed by atoms with Crippen molar-refractivity contribution in [3.8, 4) is 17.3 Å². The van der Waals surface area contributed by atoms with Gasteiger partial charge in [-0.2, -0.15) is 5.26 Å². The van der Waals surface area contributed by atoms with Crippen molar-refractivity contribution in [1.82, 2.24) is 4.98 Å². The summed E-state index contributed by atoms with van der Waals surface area (Å²) in [5.74, 6) is 0. The molecular weight excluding hydrogens is 234 g/mol. The van der Waals surface area contributed by atoms with E-state index in [9.17, 15) is 5.26 Å². The van der Waals surface area contributed by atoms with E-state index in [4.69, 9.17) is 0 Å². The van der Waals surface area contributed by atoms with Gasteiger partial charge in [0.05, 0.1) is 11.8 Å². The van der Waals surface area contributed by atoms with Crippen LogP contribution >= 0.6 is 0 Å². The molecule has 94 valence electrons. The highest BCUT2D eigenvalue weighted by molar-refractivity contribution is 5.63. The van der Waals surface area contributed by atoms with Crippen molar-refractivity contribution in [3.63, 3.8) is 0 Å². The lowest BCUT2D eigenvalue weighted by Crippen LogP contribution is -2.43. The lowest BCUT2D eigenvalue weighted by Gasteiger charge is -2.36. The number of benzene rings is 1. The molecule has 1 N–H and O–H groups in total. The molecule has 1 aliphatic rings. The van der Waals surface area contributed by atoms with Crippen LogP contribution in [-0.2, 0) is 0 Å². The third kappa shape index (κ3) is 2.30. The summed E-state index contributed by atoms with van der Waals surface area (Å²) in [5.41, 5.74) is 2.71. The zero-order valence-electron chi connectivity index (χ0n) is 10.6. The van der Waals surface area contributed by atoms with Crippen LogP contribution in [0.15, 0.2) is 48.7 Å². The van der Waals surface area contributed by atoms with E-state index in [1.54, 1.807) is 6.20 Å². The van der Waals surface area contributed by atoms with Gasteiger partial charge in [0, 0.05) is 17.4 Å². The molecule has 3 heteroatoms. The number of nitrogens with zero attached hydrogens (tertiary/aromatic N) is 2. The van der Waals surface area contributed by atoms with E-state index >= 15 is 0 Å². The molecule has 0 unspecified atom stereocenters. The smallest absolute Gasteiger partial charge is 0.125 e. The number of pyridine rings is 1. The summed E-state index contributed by atoms with van der Waals surface area (Å²) < 4.78 is 0. The first-order valence-electron chi connectivity index (χ1n) is 6.52. The molecule has 0 amide bonds. The Morgan fingerprint density at radius 2 is 1.89 bits per heavy atom. The molecular formula is C16H15N3. The van der Waals surface area contributed by atoms with Gasteiger partial charge < -0.3 is 5.32 Å². The summed E-state index contributed by atoms with van der Waals surface area (Å²) in [4.78, 5) is 4.32. The molecule has 1 aromatic heterocycles. The average molecular weight is 249 g/mol. The van der Waals surface area contributed by atoms with Crippen LogP contribution in [-0.4, -0.2) is 10.5 Å². The third-order valence-corrected chi connectivity index (χ3v) is 3.65. The first kappa shape index (κ1) is 11.7. The second-order valence-corrected chi connectivity index (χ2v) is 4.96. The van der Waals surface area contributed by atoms with Gasteiger partial charge in [-0.1, -0.05) is 18.2 Å². The molecule has 0 aliphatic heterocycles. The molecule has 0 spiro atoms. The predicted molar refractivity (Wildman–Crippen MR) is 75.5 cm³/mol. The molecule has 0 radical (unpaired) electrons. The Morgan fingerprint density at radius 3 is 2.42 bits per heavy atom. The molecule has 1 saturated carbocycles. The van der Waals surface area contributed by atoms with E-state index in [0.717, 1.165) is 36.2 Å². The lowest BCUT2D eigenvalue weighted by atomic mass is 9.78. The molecule has 3 nitrogen and oxygen atoms in total. The van der Waals surface area contributed by atoms with Crippen LogP contribution in [0.5, 0.6) is 0 Å². The number of rotatable bonds is 3. The Hall–Kier alpha value is -2.34. The highest BCUT2D eigenvalue weighted by atomic mass is 15.0. The maximum atomic E-state index is 9.21. The van der Waals surface area contributed by atoms with Crippen LogP contribution < -0.4 is 5.32 Å². The molecule has 0 saturated heterocycles. The van der Waals surface area contributed by atoms with E-state index in [-0.39, 0.29) is 5.54 Å². The standard InChI is InChI=1S/C16H15N3/c17-12-16(9-3-10-16)19-14-7-5-13(6-8-14)15-4-1-2-11-18-15/h1-2,4-8,11,19H,3,9-10H2. The first-order valence-corrected chi connectivity index (χ1v) is 6.52. The summed E-state index contributed by atoms with van der Waals surface area (Å²) in [7, 11) is 0.